The van der Waals surface area contributed by atoms with E-state index in [1.807, 2.05) is 6.07 Å². The van der Waals surface area contributed by atoms with Crippen molar-refractivity contribution in [1.29, 1.82) is 0 Å². The number of methoxy groups -OCH3 is 1. The minimum absolute atomic E-state index is 0.460. The molecular formula is C15H25N3O. The molecule has 0 bridgehead atoms. The van der Waals surface area contributed by atoms with Crippen LogP contribution in [0.5, 0.6) is 6.01 Å². The highest BCUT2D eigenvalue weighted by Crippen LogP contribution is 2.38. The zero-order valence-corrected chi connectivity index (χ0v) is 12.5. The highest BCUT2D eigenvalue weighted by Gasteiger charge is 2.32. The predicted octanol–water partition coefficient (Wildman–Crippen LogP) is 2.74. The molecule has 1 fully saturated rings. The third kappa shape index (κ3) is 3.44. The van der Waals surface area contributed by atoms with E-state index < -0.39 is 0 Å². The minimum atomic E-state index is 0.460. The van der Waals surface area contributed by atoms with Gasteiger partial charge < -0.3 is 4.74 Å². The Morgan fingerprint density at radius 2 is 2.05 bits per heavy atom. The van der Waals surface area contributed by atoms with Crippen LogP contribution in [-0.4, -0.2) is 35.1 Å². The second kappa shape index (κ2) is 5.87. The van der Waals surface area contributed by atoms with Crippen molar-refractivity contribution < 1.29 is 4.74 Å². The molecule has 0 radical (unpaired) electrons. The Labute approximate surface area is 116 Å². The molecule has 2 heterocycles. The second-order valence-electron chi connectivity index (χ2n) is 6.12. The van der Waals surface area contributed by atoms with Gasteiger partial charge in [-0.1, -0.05) is 20.8 Å². The van der Waals surface area contributed by atoms with Crippen LogP contribution in [0.1, 0.15) is 39.3 Å². The summed E-state index contributed by atoms with van der Waals surface area (Å²) in [6.45, 7) is 10.3. The molecule has 0 amide bonds. The zero-order valence-electron chi connectivity index (χ0n) is 12.5. The van der Waals surface area contributed by atoms with E-state index in [0.29, 0.717) is 11.4 Å². The molecule has 1 aromatic heterocycles. The van der Waals surface area contributed by atoms with Crippen molar-refractivity contribution >= 4 is 0 Å². The van der Waals surface area contributed by atoms with Crippen molar-refractivity contribution in [2.24, 2.45) is 11.3 Å². The van der Waals surface area contributed by atoms with Crippen LogP contribution in [0.4, 0.5) is 0 Å². The van der Waals surface area contributed by atoms with Crippen molar-refractivity contribution in [3.05, 3.63) is 18.0 Å². The largest absolute Gasteiger partial charge is 0.467 e. The average molecular weight is 263 g/mol. The van der Waals surface area contributed by atoms with E-state index in [4.69, 9.17) is 4.74 Å². The van der Waals surface area contributed by atoms with Crippen LogP contribution in [0.25, 0.3) is 0 Å². The van der Waals surface area contributed by atoms with Gasteiger partial charge in [0.05, 0.1) is 12.8 Å². The van der Waals surface area contributed by atoms with Crippen molar-refractivity contribution in [3.8, 4) is 6.01 Å². The second-order valence-corrected chi connectivity index (χ2v) is 6.12. The van der Waals surface area contributed by atoms with Gasteiger partial charge in [-0.3, -0.25) is 4.90 Å². The maximum absolute atomic E-state index is 5.07. The lowest BCUT2D eigenvalue weighted by Crippen LogP contribution is -2.40. The number of likely N-dealkylation sites (tertiary alicyclic amines) is 1. The summed E-state index contributed by atoms with van der Waals surface area (Å²) >= 11 is 0. The molecule has 1 aliphatic rings. The Hall–Kier alpha value is -1.16. The van der Waals surface area contributed by atoms with Gasteiger partial charge in [0.15, 0.2) is 0 Å². The SMILES string of the molecule is COc1nccc(CN2CCC(C)(C(C)C)CC2)n1. The van der Waals surface area contributed by atoms with E-state index in [2.05, 4.69) is 35.6 Å². The summed E-state index contributed by atoms with van der Waals surface area (Å²) in [6, 6.07) is 2.43. The van der Waals surface area contributed by atoms with Gasteiger partial charge in [-0.15, -0.1) is 0 Å². The Morgan fingerprint density at radius 3 is 2.63 bits per heavy atom. The molecule has 0 atom stereocenters. The van der Waals surface area contributed by atoms with Gasteiger partial charge in [-0.25, -0.2) is 4.98 Å². The number of aromatic nitrogens is 2. The topological polar surface area (TPSA) is 38.2 Å². The molecule has 0 saturated carbocycles. The first kappa shape index (κ1) is 14.3. The fraction of sp³-hybridized carbons (Fsp3) is 0.733. The van der Waals surface area contributed by atoms with E-state index in [1.54, 1.807) is 13.3 Å². The lowest BCUT2D eigenvalue weighted by molar-refractivity contribution is 0.0734. The van der Waals surface area contributed by atoms with Gasteiger partial charge in [0.25, 0.3) is 0 Å². The molecule has 4 nitrogen and oxygen atoms in total. The third-order valence-corrected chi connectivity index (χ3v) is 4.65. The Bertz CT molecular complexity index is 412. The highest BCUT2D eigenvalue weighted by atomic mass is 16.5. The minimum Gasteiger partial charge on any atom is -0.467 e. The standard InChI is InChI=1S/C15H25N3O/c1-12(2)15(3)6-9-18(10-7-15)11-13-5-8-16-14(17-13)19-4/h5,8,12H,6-7,9-11H2,1-4H3. The summed E-state index contributed by atoms with van der Waals surface area (Å²) in [7, 11) is 1.61. The van der Waals surface area contributed by atoms with Crippen LogP contribution in [0, 0.1) is 11.3 Å². The van der Waals surface area contributed by atoms with Crippen molar-refractivity contribution in [2.45, 2.75) is 40.2 Å². The maximum atomic E-state index is 5.07. The van der Waals surface area contributed by atoms with Crippen LogP contribution in [0.2, 0.25) is 0 Å². The van der Waals surface area contributed by atoms with Crippen LogP contribution < -0.4 is 4.74 Å². The Balaban J connectivity index is 1.92. The van der Waals surface area contributed by atoms with Gasteiger partial charge in [-0.05, 0) is 43.3 Å². The molecule has 0 N–H and O–H groups in total. The normalized spacial score (nSPS) is 19.6. The van der Waals surface area contributed by atoms with Crippen molar-refractivity contribution in [3.63, 3.8) is 0 Å². The fourth-order valence-corrected chi connectivity index (χ4v) is 2.59. The number of nitrogens with zero attached hydrogens (tertiary/aromatic N) is 3. The first-order valence-corrected chi connectivity index (χ1v) is 7.12. The van der Waals surface area contributed by atoms with Crippen LogP contribution in [0.3, 0.4) is 0 Å². The van der Waals surface area contributed by atoms with Crippen molar-refractivity contribution in [2.75, 3.05) is 20.2 Å². The summed E-state index contributed by atoms with van der Waals surface area (Å²) in [5.74, 6) is 0.758. The van der Waals surface area contributed by atoms with Gasteiger partial charge >= 0.3 is 6.01 Å². The molecule has 0 aliphatic carbocycles. The van der Waals surface area contributed by atoms with E-state index >= 15 is 0 Å². The predicted molar refractivity (Wildman–Crippen MR) is 76.0 cm³/mol. The van der Waals surface area contributed by atoms with E-state index in [9.17, 15) is 0 Å². The third-order valence-electron chi connectivity index (χ3n) is 4.65. The summed E-state index contributed by atoms with van der Waals surface area (Å²) in [6.07, 6.45) is 4.31. The molecule has 2 rings (SSSR count). The molecule has 0 unspecified atom stereocenters. The van der Waals surface area contributed by atoms with Gasteiger partial charge in [-0.2, -0.15) is 4.98 Å². The van der Waals surface area contributed by atoms with Gasteiger partial charge in [0, 0.05) is 12.7 Å². The summed E-state index contributed by atoms with van der Waals surface area (Å²) < 4.78 is 5.07. The monoisotopic (exact) mass is 263 g/mol. The average Bonchev–Trinajstić information content (AvgIpc) is 2.42. The number of piperidine rings is 1. The number of ether oxygens (including phenoxy) is 1. The summed E-state index contributed by atoms with van der Waals surface area (Å²) in [5, 5.41) is 0. The zero-order chi connectivity index (χ0) is 13.9. The van der Waals surface area contributed by atoms with E-state index in [0.717, 1.165) is 31.2 Å². The molecule has 1 aliphatic heterocycles. The van der Waals surface area contributed by atoms with E-state index in [1.165, 1.54) is 12.8 Å². The molecule has 0 aromatic carbocycles. The molecule has 19 heavy (non-hydrogen) atoms. The Kier molecular flexibility index (Phi) is 4.40. The van der Waals surface area contributed by atoms with Crippen LogP contribution >= 0.6 is 0 Å². The summed E-state index contributed by atoms with van der Waals surface area (Å²) in [4.78, 5) is 10.9. The smallest absolute Gasteiger partial charge is 0.316 e. The van der Waals surface area contributed by atoms with Gasteiger partial charge in [0.2, 0.25) is 0 Å². The maximum Gasteiger partial charge on any atom is 0.316 e. The first-order valence-electron chi connectivity index (χ1n) is 7.12. The lowest BCUT2D eigenvalue weighted by atomic mass is 9.72. The first-order chi connectivity index (χ1) is 9.03. The number of hydrogen-bond donors (Lipinski definition) is 0. The molecule has 1 aromatic rings. The quantitative estimate of drug-likeness (QED) is 0.837. The van der Waals surface area contributed by atoms with Gasteiger partial charge in [0.1, 0.15) is 0 Å². The number of hydrogen-bond acceptors (Lipinski definition) is 4. The molecule has 106 valence electrons. The number of rotatable bonds is 4. The fourth-order valence-electron chi connectivity index (χ4n) is 2.59. The molecule has 1 saturated heterocycles. The Morgan fingerprint density at radius 1 is 1.37 bits per heavy atom. The van der Waals surface area contributed by atoms with Crippen LogP contribution in [0.15, 0.2) is 12.3 Å². The van der Waals surface area contributed by atoms with Crippen molar-refractivity contribution in [1.82, 2.24) is 14.9 Å². The highest BCUT2D eigenvalue weighted by molar-refractivity contribution is 5.05. The van der Waals surface area contributed by atoms with Crippen LogP contribution in [-0.2, 0) is 6.54 Å². The summed E-state index contributed by atoms with van der Waals surface area (Å²) in [5.41, 5.74) is 1.54. The lowest BCUT2D eigenvalue weighted by Gasteiger charge is -2.42. The van der Waals surface area contributed by atoms with E-state index in [-0.39, 0.29) is 0 Å². The molecule has 4 heteroatoms. The molecular weight excluding hydrogens is 238 g/mol. The molecule has 0 spiro atoms.